The van der Waals surface area contributed by atoms with Crippen LogP contribution >= 0.6 is 0 Å². The van der Waals surface area contributed by atoms with E-state index in [-0.39, 0.29) is 0 Å². The summed E-state index contributed by atoms with van der Waals surface area (Å²) >= 11 is 0. The molecule has 0 aromatic rings. The van der Waals surface area contributed by atoms with E-state index in [2.05, 4.69) is 27.7 Å². The molecule has 0 saturated heterocycles. The van der Waals surface area contributed by atoms with Gasteiger partial charge in [0.25, 0.3) is 0 Å². The van der Waals surface area contributed by atoms with Crippen LogP contribution in [0.15, 0.2) is 12.7 Å². The molecule has 0 unspecified atom stereocenters. The van der Waals surface area contributed by atoms with Gasteiger partial charge in [0, 0.05) is 0 Å². The summed E-state index contributed by atoms with van der Waals surface area (Å²) in [5.41, 5.74) is -5.65. The highest BCUT2D eigenvalue weighted by molar-refractivity contribution is 7.86. The molecule has 0 aliphatic heterocycles. The summed E-state index contributed by atoms with van der Waals surface area (Å²) in [7, 11) is 0.331. The highest BCUT2D eigenvalue weighted by Crippen LogP contribution is 2.20. The summed E-state index contributed by atoms with van der Waals surface area (Å²) in [5.74, 6) is 0. The molecule has 0 bridgehead atoms. The number of quaternary nitrogens is 1. The lowest BCUT2D eigenvalue weighted by Gasteiger charge is -2.21. The van der Waals surface area contributed by atoms with Gasteiger partial charge >= 0.3 is 5.51 Å². The minimum Gasteiger partial charge on any atom is -0.741 e. The first kappa shape index (κ1) is 16.8. The Labute approximate surface area is 87.3 Å². The standard InChI is InChI=1S/C6H14N.CHF3O3S/c1-5-6-7(2,3)4;2-1(3,4)8(5,6)7/h5H,1,6H2,2-4H3;(H,5,6,7)/q+1;/p-1. The molecule has 0 radical (unpaired) electrons. The number of hydrogen-bond donors (Lipinski definition) is 0. The van der Waals surface area contributed by atoms with E-state index < -0.39 is 15.6 Å². The maximum atomic E-state index is 10.7. The van der Waals surface area contributed by atoms with Gasteiger partial charge in [-0.25, -0.2) is 8.42 Å². The Morgan fingerprint density at radius 2 is 1.60 bits per heavy atom. The normalized spacial score (nSPS) is 12.7. The molecule has 0 saturated carbocycles. The molecule has 0 atom stereocenters. The fourth-order valence-electron chi connectivity index (χ4n) is 0.387. The molecule has 0 spiro atoms. The Balaban J connectivity index is 0. The van der Waals surface area contributed by atoms with Crippen LogP contribution in [-0.2, 0) is 10.1 Å². The highest BCUT2D eigenvalue weighted by Gasteiger charge is 2.36. The fraction of sp³-hybridized carbons (Fsp3) is 0.714. The Bertz CT molecular complexity index is 290. The average molecular weight is 249 g/mol. The van der Waals surface area contributed by atoms with Crippen LogP contribution < -0.4 is 0 Å². The molecular weight excluding hydrogens is 235 g/mol. The van der Waals surface area contributed by atoms with Gasteiger partial charge in [-0.05, 0) is 6.08 Å². The van der Waals surface area contributed by atoms with Crippen LogP contribution in [-0.4, -0.2) is 50.6 Å². The van der Waals surface area contributed by atoms with Gasteiger partial charge in [0.2, 0.25) is 0 Å². The molecule has 0 aliphatic rings. The molecular formula is C7H14F3NO3S. The van der Waals surface area contributed by atoms with E-state index in [4.69, 9.17) is 13.0 Å². The van der Waals surface area contributed by atoms with Gasteiger partial charge in [-0.1, -0.05) is 6.58 Å². The third-order valence-electron chi connectivity index (χ3n) is 0.960. The van der Waals surface area contributed by atoms with Gasteiger partial charge in [0.15, 0.2) is 10.1 Å². The van der Waals surface area contributed by atoms with Crippen molar-refractivity contribution in [3.8, 4) is 0 Å². The number of halogens is 3. The lowest BCUT2D eigenvalue weighted by Crippen LogP contribution is -2.33. The van der Waals surface area contributed by atoms with E-state index in [1.807, 2.05) is 6.08 Å². The van der Waals surface area contributed by atoms with Gasteiger partial charge in [-0.3, -0.25) is 0 Å². The lowest BCUT2D eigenvalue weighted by atomic mass is 10.5. The number of alkyl halides is 3. The van der Waals surface area contributed by atoms with Crippen LogP contribution in [0, 0.1) is 0 Å². The quantitative estimate of drug-likeness (QED) is 0.316. The molecule has 0 aromatic heterocycles. The summed E-state index contributed by atoms with van der Waals surface area (Å²) in [5, 5.41) is 0. The van der Waals surface area contributed by atoms with Crippen LogP contribution in [0.2, 0.25) is 0 Å². The summed E-state index contributed by atoms with van der Waals surface area (Å²) in [6, 6.07) is 0. The van der Waals surface area contributed by atoms with Gasteiger partial charge in [-0.2, -0.15) is 13.2 Å². The van der Waals surface area contributed by atoms with Crippen LogP contribution in [0.5, 0.6) is 0 Å². The van der Waals surface area contributed by atoms with E-state index in [9.17, 15) is 13.2 Å². The zero-order chi connectivity index (χ0) is 12.9. The Kier molecular flexibility index (Phi) is 6.14. The van der Waals surface area contributed by atoms with Gasteiger partial charge in [0.05, 0.1) is 27.7 Å². The molecule has 0 rings (SSSR count). The minimum absolute atomic E-state index is 0.976. The predicted molar refractivity (Wildman–Crippen MR) is 48.8 cm³/mol. The van der Waals surface area contributed by atoms with Crippen LogP contribution in [0.4, 0.5) is 13.2 Å². The first-order valence-electron chi connectivity index (χ1n) is 3.75. The largest absolute Gasteiger partial charge is 0.741 e. The van der Waals surface area contributed by atoms with E-state index in [0.717, 1.165) is 11.0 Å². The summed E-state index contributed by atoms with van der Waals surface area (Å²) in [6.07, 6.45) is 1.93. The van der Waals surface area contributed by atoms with Crippen molar-refractivity contribution in [2.75, 3.05) is 27.7 Å². The maximum absolute atomic E-state index is 10.7. The van der Waals surface area contributed by atoms with E-state index >= 15 is 0 Å². The molecule has 0 amide bonds. The van der Waals surface area contributed by atoms with Crippen molar-refractivity contribution < 1.29 is 30.6 Å². The Hall–Kier alpha value is -0.600. The van der Waals surface area contributed by atoms with Crippen molar-refractivity contribution in [3.63, 3.8) is 0 Å². The zero-order valence-electron chi connectivity index (χ0n) is 8.71. The topological polar surface area (TPSA) is 57.2 Å². The molecule has 0 heterocycles. The van der Waals surface area contributed by atoms with Crippen molar-refractivity contribution in [2.24, 2.45) is 0 Å². The second-order valence-electron chi connectivity index (χ2n) is 3.66. The number of nitrogens with zero attached hydrogens (tertiary/aromatic N) is 1. The van der Waals surface area contributed by atoms with Crippen molar-refractivity contribution >= 4 is 10.1 Å². The summed E-state index contributed by atoms with van der Waals surface area (Å²) in [4.78, 5) is 0. The smallest absolute Gasteiger partial charge is 0.485 e. The van der Waals surface area contributed by atoms with Crippen molar-refractivity contribution in [1.82, 2.24) is 0 Å². The van der Waals surface area contributed by atoms with Gasteiger partial charge < -0.3 is 9.04 Å². The predicted octanol–water partition coefficient (Wildman–Crippen LogP) is 0.930. The fourth-order valence-corrected chi connectivity index (χ4v) is 0.387. The Morgan fingerprint density at radius 1 is 1.33 bits per heavy atom. The zero-order valence-corrected chi connectivity index (χ0v) is 9.52. The summed E-state index contributed by atoms with van der Waals surface area (Å²) < 4.78 is 59.9. The van der Waals surface area contributed by atoms with E-state index in [0.29, 0.717) is 0 Å². The molecule has 0 fully saturated rings. The third kappa shape index (κ3) is 11.3. The molecule has 92 valence electrons. The molecule has 8 heteroatoms. The summed E-state index contributed by atoms with van der Waals surface area (Å²) in [6.45, 7) is 4.67. The highest BCUT2D eigenvalue weighted by atomic mass is 32.2. The van der Waals surface area contributed by atoms with Crippen LogP contribution in [0.25, 0.3) is 0 Å². The van der Waals surface area contributed by atoms with Crippen molar-refractivity contribution in [2.45, 2.75) is 5.51 Å². The monoisotopic (exact) mass is 249 g/mol. The average Bonchev–Trinajstić information content (AvgIpc) is 1.79. The molecule has 4 nitrogen and oxygen atoms in total. The minimum atomic E-state index is -6.09. The molecule has 0 N–H and O–H groups in total. The number of hydrogen-bond acceptors (Lipinski definition) is 3. The number of rotatable bonds is 2. The van der Waals surface area contributed by atoms with E-state index in [1.165, 1.54) is 0 Å². The van der Waals surface area contributed by atoms with Gasteiger partial charge in [0.1, 0.15) is 0 Å². The Morgan fingerprint density at radius 3 is 1.60 bits per heavy atom. The molecule has 0 aliphatic carbocycles. The first-order valence-corrected chi connectivity index (χ1v) is 5.15. The third-order valence-corrected chi connectivity index (χ3v) is 1.53. The van der Waals surface area contributed by atoms with Crippen LogP contribution in [0.3, 0.4) is 0 Å². The SMILES string of the molecule is C=CC[N+](C)(C)C.O=S(=O)([O-])C(F)(F)F. The van der Waals surface area contributed by atoms with Crippen molar-refractivity contribution in [1.29, 1.82) is 0 Å². The maximum Gasteiger partial charge on any atom is 0.485 e. The second-order valence-corrected chi connectivity index (χ2v) is 5.03. The van der Waals surface area contributed by atoms with E-state index in [1.54, 1.807) is 0 Å². The second kappa shape index (κ2) is 5.47. The molecule has 15 heavy (non-hydrogen) atoms. The number of likely N-dealkylation sites (N-methyl/N-ethyl adjacent to an activating group) is 1. The first-order chi connectivity index (χ1) is 6.31. The van der Waals surface area contributed by atoms with Crippen molar-refractivity contribution in [3.05, 3.63) is 12.7 Å². The van der Waals surface area contributed by atoms with Gasteiger partial charge in [-0.15, -0.1) is 0 Å². The molecule has 0 aromatic carbocycles. The van der Waals surface area contributed by atoms with Crippen LogP contribution in [0.1, 0.15) is 0 Å². The lowest BCUT2D eigenvalue weighted by molar-refractivity contribution is -0.864.